The summed E-state index contributed by atoms with van der Waals surface area (Å²) in [5, 5.41) is 0.231. The van der Waals surface area contributed by atoms with Gasteiger partial charge in [0, 0.05) is 19.0 Å². The Kier molecular flexibility index (Phi) is 5.41. The van der Waals surface area contributed by atoms with Gasteiger partial charge in [-0.25, -0.2) is 4.39 Å². The quantitative estimate of drug-likeness (QED) is 0.730. The van der Waals surface area contributed by atoms with E-state index in [1.807, 2.05) is 19.9 Å². The van der Waals surface area contributed by atoms with Crippen LogP contribution in [0.1, 0.15) is 32.3 Å². The van der Waals surface area contributed by atoms with E-state index in [-0.39, 0.29) is 10.8 Å². The summed E-state index contributed by atoms with van der Waals surface area (Å²) in [5.74, 6) is 0.754. The van der Waals surface area contributed by atoms with Gasteiger partial charge in [0.25, 0.3) is 0 Å². The van der Waals surface area contributed by atoms with Gasteiger partial charge in [0.15, 0.2) is 0 Å². The lowest BCUT2D eigenvalue weighted by Crippen LogP contribution is -2.13. The second-order valence-electron chi connectivity index (χ2n) is 4.48. The van der Waals surface area contributed by atoms with Crippen LogP contribution in [-0.4, -0.2) is 25.0 Å². The van der Waals surface area contributed by atoms with Crippen LogP contribution in [0, 0.1) is 11.7 Å². The van der Waals surface area contributed by atoms with Gasteiger partial charge in [-0.2, -0.15) is 0 Å². The van der Waals surface area contributed by atoms with Gasteiger partial charge >= 0.3 is 0 Å². The molecule has 0 N–H and O–H groups in total. The maximum Gasteiger partial charge on any atom is 0.141 e. The Bertz CT molecular complexity index is 367. The van der Waals surface area contributed by atoms with Crippen molar-refractivity contribution < 1.29 is 4.39 Å². The molecule has 1 fully saturated rings. The average Bonchev–Trinajstić information content (AvgIpc) is 2.65. The van der Waals surface area contributed by atoms with Gasteiger partial charge in [0.2, 0.25) is 0 Å². The monoisotopic (exact) mass is 257 g/mol. The molecule has 1 aromatic carbocycles. The summed E-state index contributed by atoms with van der Waals surface area (Å²) in [6.07, 6.45) is 0. The molecule has 3 heteroatoms. The number of likely N-dealkylation sites (N-methyl/N-ethyl adjacent to an activating group) is 1. The molecule has 17 heavy (non-hydrogen) atoms. The molecule has 0 aromatic heterocycles. The number of likely N-dealkylation sites (tertiary alicyclic amines) is 1. The highest BCUT2D eigenvalue weighted by Crippen LogP contribution is 2.33. The topological polar surface area (TPSA) is 3.24 Å². The summed E-state index contributed by atoms with van der Waals surface area (Å²) in [4.78, 5) is 2.30. The number of halogens is 2. The number of hydrogen-bond donors (Lipinski definition) is 0. The summed E-state index contributed by atoms with van der Waals surface area (Å²) in [6.45, 7) is 8.36. The van der Waals surface area contributed by atoms with Gasteiger partial charge in [-0.3, -0.25) is 0 Å². The predicted molar refractivity (Wildman–Crippen MR) is 72.2 cm³/mol. The maximum atomic E-state index is 13.0. The molecule has 2 unspecified atom stereocenters. The summed E-state index contributed by atoms with van der Waals surface area (Å²) in [5.41, 5.74) is 1.15. The maximum absolute atomic E-state index is 13.0. The summed E-state index contributed by atoms with van der Waals surface area (Å²) in [6, 6.07) is 5.07. The standard InChI is InChI=1S/C12H15ClFN.C2H6/c1-8-6-15(2)7-10(8)9-3-4-12(14)11(13)5-9;1-2/h3-5,8,10H,6-7H2,1-2H3;1-2H3. The van der Waals surface area contributed by atoms with Crippen molar-refractivity contribution in [1.29, 1.82) is 0 Å². The van der Waals surface area contributed by atoms with E-state index in [0.717, 1.165) is 18.7 Å². The first kappa shape index (κ1) is 14.5. The van der Waals surface area contributed by atoms with Gasteiger partial charge in [0.05, 0.1) is 5.02 Å². The molecular weight excluding hydrogens is 237 g/mol. The number of benzene rings is 1. The molecule has 0 bridgehead atoms. The molecule has 0 amide bonds. The highest BCUT2D eigenvalue weighted by molar-refractivity contribution is 6.30. The van der Waals surface area contributed by atoms with Crippen LogP contribution >= 0.6 is 11.6 Å². The van der Waals surface area contributed by atoms with Gasteiger partial charge in [-0.05, 0) is 30.7 Å². The van der Waals surface area contributed by atoms with Gasteiger partial charge in [0.1, 0.15) is 5.82 Å². The van der Waals surface area contributed by atoms with E-state index in [1.165, 1.54) is 6.07 Å². The minimum atomic E-state index is -0.334. The Morgan fingerprint density at radius 3 is 2.41 bits per heavy atom. The van der Waals surface area contributed by atoms with Crippen molar-refractivity contribution in [3.05, 3.63) is 34.6 Å². The van der Waals surface area contributed by atoms with Crippen molar-refractivity contribution in [2.75, 3.05) is 20.1 Å². The minimum Gasteiger partial charge on any atom is -0.305 e. The van der Waals surface area contributed by atoms with Crippen molar-refractivity contribution in [2.45, 2.75) is 26.7 Å². The van der Waals surface area contributed by atoms with Gasteiger partial charge < -0.3 is 4.90 Å². The normalized spacial score (nSPS) is 24.4. The van der Waals surface area contributed by atoms with Crippen molar-refractivity contribution in [1.82, 2.24) is 4.90 Å². The molecule has 2 rings (SSSR count). The molecule has 2 atom stereocenters. The van der Waals surface area contributed by atoms with Gasteiger partial charge in [-0.15, -0.1) is 0 Å². The Hall–Kier alpha value is -0.600. The van der Waals surface area contributed by atoms with E-state index in [9.17, 15) is 4.39 Å². The van der Waals surface area contributed by atoms with Crippen LogP contribution in [0.4, 0.5) is 4.39 Å². The van der Waals surface area contributed by atoms with Crippen molar-refractivity contribution in [3.8, 4) is 0 Å². The largest absolute Gasteiger partial charge is 0.305 e. The molecule has 1 aliphatic heterocycles. The summed E-state index contributed by atoms with van der Waals surface area (Å²) < 4.78 is 13.0. The van der Waals surface area contributed by atoms with E-state index in [1.54, 1.807) is 6.07 Å². The molecule has 96 valence electrons. The van der Waals surface area contributed by atoms with Crippen LogP contribution in [0.3, 0.4) is 0 Å². The molecular formula is C14H21ClFN. The predicted octanol–water partition coefficient (Wildman–Crippen LogP) is 4.17. The lowest BCUT2D eigenvalue weighted by atomic mass is 9.90. The highest BCUT2D eigenvalue weighted by atomic mass is 35.5. The number of rotatable bonds is 1. The Morgan fingerprint density at radius 1 is 1.29 bits per heavy atom. The van der Waals surface area contributed by atoms with Crippen molar-refractivity contribution >= 4 is 11.6 Å². The summed E-state index contributed by atoms with van der Waals surface area (Å²) >= 11 is 5.79. The molecule has 1 aromatic rings. The van der Waals surface area contributed by atoms with E-state index < -0.39 is 0 Å². The Balaban J connectivity index is 0.000000686. The van der Waals surface area contributed by atoms with Crippen LogP contribution in [-0.2, 0) is 0 Å². The first-order chi connectivity index (χ1) is 8.08. The van der Waals surface area contributed by atoms with E-state index in [2.05, 4.69) is 18.9 Å². The van der Waals surface area contributed by atoms with Gasteiger partial charge in [-0.1, -0.05) is 38.4 Å². The molecule has 0 saturated carbocycles. The molecule has 1 saturated heterocycles. The van der Waals surface area contributed by atoms with E-state index >= 15 is 0 Å². The van der Waals surface area contributed by atoms with Crippen molar-refractivity contribution in [2.24, 2.45) is 5.92 Å². The van der Waals surface area contributed by atoms with Crippen LogP contribution in [0.25, 0.3) is 0 Å². The first-order valence-corrected chi connectivity index (χ1v) is 6.59. The van der Waals surface area contributed by atoms with Crippen LogP contribution in [0.2, 0.25) is 5.02 Å². The fraction of sp³-hybridized carbons (Fsp3) is 0.571. The zero-order valence-corrected chi connectivity index (χ0v) is 11.8. The highest BCUT2D eigenvalue weighted by Gasteiger charge is 2.28. The summed E-state index contributed by atoms with van der Waals surface area (Å²) in [7, 11) is 2.11. The lowest BCUT2D eigenvalue weighted by molar-refractivity contribution is 0.401. The third kappa shape index (κ3) is 3.43. The second-order valence-corrected chi connectivity index (χ2v) is 4.89. The first-order valence-electron chi connectivity index (χ1n) is 6.21. The third-order valence-corrected chi connectivity index (χ3v) is 3.46. The minimum absolute atomic E-state index is 0.231. The second kappa shape index (κ2) is 6.36. The molecule has 0 aliphatic carbocycles. The number of hydrogen-bond acceptors (Lipinski definition) is 1. The molecule has 1 heterocycles. The SMILES string of the molecule is CC.CC1CN(C)CC1c1ccc(F)c(Cl)c1. The average molecular weight is 258 g/mol. The molecule has 1 nitrogen and oxygen atoms in total. The van der Waals surface area contributed by atoms with Crippen LogP contribution in [0.5, 0.6) is 0 Å². The van der Waals surface area contributed by atoms with E-state index in [4.69, 9.17) is 11.6 Å². The molecule has 1 aliphatic rings. The van der Waals surface area contributed by atoms with Crippen molar-refractivity contribution in [3.63, 3.8) is 0 Å². The zero-order valence-electron chi connectivity index (χ0n) is 11.0. The fourth-order valence-electron chi connectivity index (χ4n) is 2.39. The third-order valence-electron chi connectivity index (χ3n) is 3.17. The smallest absolute Gasteiger partial charge is 0.141 e. The number of nitrogens with zero attached hydrogens (tertiary/aromatic N) is 1. The van der Waals surface area contributed by atoms with E-state index in [0.29, 0.717) is 11.8 Å². The fourth-order valence-corrected chi connectivity index (χ4v) is 2.58. The Morgan fingerprint density at radius 2 is 1.94 bits per heavy atom. The zero-order chi connectivity index (χ0) is 13.0. The van der Waals surface area contributed by atoms with Crippen LogP contribution in [0.15, 0.2) is 18.2 Å². The van der Waals surface area contributed by atoms with Crippen LogP contribution < -0.4 is 0 Å². The Labute approximate surface area is 109 Å². The molecule has 0 spiro atoms. The lowest BCUT2D eigenvalue weighted by Gasteiger charge is -2.14. The molecule has 0 radical (unpaired) electrons.